The Hall–Kier alpha value is -3.20. The molecule has 0 saturated heterocycles. The van der Waals surface area contributed by atoms with Gasteiger partial charge < -0.3 is 14.2 Å². The molecular formula is C23H20O3. The van der Waals surface area contributed by atoms with Crippen LogP contribution in [0, 0.1) is 0 Å². The van der Waals surface area contributed by atoms with Crippen molar-refractivity contribution in [3.8, 4) is 28.4 Å². The van der Waals surface area contributed by atoms with Crippen LogP contribution < -0.4 is 14.2 Å². The maximum atomic E-state index is 5.73. The largest absolute Gasteiger partial charge is 0.497 e. The maximum absolute atomic E-state index is 5.73. The summed E-state index contributed by atoms with van der Waals surface area (Å²) < 4.78 is 16.6. The first kappa shape index (κ1) is 16.3. The standard InChI is InChI=1S/C23H20O3/c1-24-19-11-10-15-12-18(9-8-16(15)13-19)22-20-7-5-4-6-17(20)14-21(25-2)23(22)26-3/h4-14H,1-3H3. The fourth-order valence-corrected chi connectivity index (χ4v) is 3.45. The normalized spacial score (nSPS) is 10.9. The highest BCUT2D eigenvalue weighted by molar-refractivity contribution is 6.03. The van der Waals surface area contributed by atoms with E-state index in [4.69, 9.17) is 14.2 Å². The van der Waals surface area contributed by atoms with E-state index < -0.39 is 0 Å². The minimum absolute atomic E-state index is 0.732. The van der Waals surface area contributed by atoms with E-state index in [1.54, 1.807) is 21.3 Å². The van der Waals surface area contributed by atoms with Crippen LogP contribution in [0.2, 0.25) is 0 Å². The summed E-state index contributed by atoms with van der Waals surface area (Å²) in [6, 6.07) is 22.8. The van der Waals surface area contributed by atoms with Crippen LogP contribution in [-0.4, -0.2) is 21.3 Å². The third-order valence-electron chi connectivity index (χ3n) is 4.73. The van der Waals surface area contributed by atoms with Crippen LogP contribution in [0.3, 0.4) is 0 Å². The highest BCUT2D eigenvalue weighted by atomic mass is 16.5. The molecule has 0 N–H and O–H groups in total. The molecule has 3 heteroatoms. The van der Waals surface area contributed by atoms with E-state index in [1.165, 1.54) is 0 Å². The Bertz CT molecular complexity index is 1100. The molecule has 0 aliphatic carbocycles. The predicted molar refractivity (Wildman–Crippen MR) is 107 cm³/mol. The summed E-state index contributed by atoms with van der Waals surface area (Å²) in [5.41, 5.74) is 2.13. The van der Waals surface area contributed by atoms with Crippen LogP contribution in [0.4, 0.5) is 0 Å². The Balaban J connectivity index is 2.02. The van der Waals surface area contributed by atoms with Gasteiger partial charge in [0.15, 0.2) is 11.5 Å². The van der Waals surface area contributed by atoms with Crippen LogP contribution in [0.5, 0.6) is 17.2 Å². The molecule has 0 heterocycles. The molecule has 0 aliphatic heterocycles. The monoisotopic (exact) mass is 344 g/mol. The minimum atomic E-state index is 0.732. The van der Waals surface area contributed by atoms with Gasteiger partial charge in [0.25, 0.3) is 0 Å². The van der Waals surface area contributed by atoms with E-state index in [9.17, 15) is 0 Å². The van der Waals surface area contributed by atoms with Crippen molar-refractivity contribution in [1.29, 1.82) is 0 Å². The van der Waals surface area contributed by atoms with Crippen molar-refractivity contribution in [2.75, 3.05) is 21.3 Å². The molecule has 26 heavy (non-hydrogen) atoms. The van der Waals surface area contributed by atoms with Crippen LogP contribution in [-0.2, 0) is 0 Å². The molecule has 130 valence electrons. The quantitative estimate of drug-likeness (QED) is 0.476. The maximum Gasteiger partial charge on any atom is 0.169 e. The lowest BCUT2D eigenvalue weighted by Crippen LogP contribution is -1.95. The number of methoxy groups -OCH3 is 3. The molecule has 0 unspecified atom stereocenters. The van der Waals surface area contributed by atoms with Crippen LogP contribution in [0.25, 0.3) is 32.7 Å². The average Bonchev–Trinajstić information content (AvgIpc) is 2.71. The highest BCUT2D eigenvalue weighted by Gasteiger charge is 2.16. The lowest BCUT2D eigenvalue weighted by molar-refractivity contribution is 0.357. The molecule has 0 fully saturated rings. The fourth-order valence-electron chi connectivity index (χ4n) is 3.45. The Morgan fingerprint density at radius 1 is 0.615 bits per heavy atom. The number of benzene rings is 4. The van der Waals surface area contributed by atoms with E-state index in [0.29, 0.717) is 0 Å². The number of fused-ring (bicyclic) bond motifs is 2. The Labute approximate surface area is 152 Å². The molecule has 3 nitrogen and oxygen atoms in total. The van der Waals surface area contributed by atoms with Crippen molar-refractivity contribution in [3.05, 3.63) is 66.7 Å². The van der Waals surface area contributed by atoms with Gasteiger partial charge in [-0.25, -0.2) is 0 Å². The molecular weight excluding hydrogens is 324 g/mol. The summed E-state index contributed by atoms with van der Waals surface area (Å²) in [5.74, 6) is 2.34. The lowest BCUT2D eigenvalue weighted by atomic mass is 9.94. The summed E-state index contributed by atoms with van der Waals surface area (Å²) in [7, 11) is 5.04. The van der Waals surface area contributed by atoms with Gasteiger partial charge in [-0.3, -0.25) is 0 Å². The second-order valence-electron chi connectivity index (χ2n) is 6.14. The van der Waals surface area contributed by atoms with Gasteiger partial charge in [-0.05, 0) is 51.4 Å². The van der Waals surface area contributed by atoms with Crippen LogP contribution in [0.15, 0.2) is 66.7 Å². The van der Waals surface area contributed by atoms with E-state index in [0.717, 1.165) is 49.9 Å². The third kappa shape index (κ3) is 2.62. The van der Waals surface area contributed by atoms with E-state index >= 15 is 0 Å². The van der Waals surface area contributed by atoms with Gasteiger partial charge in [0.05, 0.1) is 21.3 Å². The first-order valence-corrected chi connectivity index (χ1v) is 8.47. The topological polar surface area (TPSA) is 27.7 Å². The van der Waals surface area contributed by atoms with Crippen molar-refractivity contribution in [3.63, 3.8) is 0 Å². The zero-order valence-electron chi connectivity index (χ0n) is 15.1. The molecule has 0 radical (unpaired) electrons. The summed E-state index contributed by atoms with van der Waals surface area (Å²) in [6.07, 6.45) is 0. The van der Waals surface area contributed by atoms with Gasteiger partial charge in [0.1, 0.15) is 5.75 Å². The fraction of sp³-hybridized carbons (Fsp3) is 0.130. The molecule has 4 rings (SSSR count). The average molecular weight is 344 g/mol. The van der Waals surface area contributed by atoms with Gasteiger partial charge in [-0.1, -0.05) is 42.5 Å². The zero-order chi connectivity index (χ0) is 18.1. The van der Waals surface area contributed by atoms with Gasteiger partial charge in [-0.2, -0.15) is 0 Å². The third-order valence-corrected chi connectivity index (χ3v) is 4.73. The summed E-state index contributed by atoms with van der Waals surface area (Å²) >= 11 is 0. The lowest BCUT2D eigenvalue weighted by Gasteiger charge is -2.17. The molecule has 0 saturated carbocycles. The molecule has 4 aromatic rings. The molecule has 0 aromatic heterocycles. The second-order valence-corrected chi connectivity index (χ2v) is 6.14. The Morgan fingerprint density at radius 3 is 2.15 bits per heavy atom. The molecule has 0 amide bonds. The molecule has 0 aliphatic rings. The first-order chi connectivity index (χ1) is 12.7. The van der Waals surface area contributed by atoms with Crippen molar-refractivity contribution >= 4 is 21.5 Å². The highest BCUT2D eigenvalue weighted by Crippen LogP contribution is 2.44. The molecule has 4 aromatic carbocycles. The molecule has 0 bridgehead atoms. The Morgan fingerprint density at radius 2 is 1.38 bits per heavy atom. The van der Waals surface area contributed by atoms with Crippen molar-refractivity contribution in [2.45, 2.75) is 0 Å². The number of ether oxygens (including phenoxy) is 3. The van der Waals surface area contributed by atoms with Crippen molar-refractivity contribution in [1.82, 2.24) is 0 Å². The second kappa shape index (κ2) is 6.60. The van der Waals surface area contributed by atoms with Crippen LogP contribution >= 0.6 is 0 Å². The first-order valence-electron chi connectivity index (χ1n) is 8.47. The van der Waals surface area contributed by atoms with Gasteiger partial charge in [0, 0.05) is 5.56 Å². The summed E-state index contributed by atoms with van der Waals surface area (Å²) in [4.78, 5) is 0. The molecule has 0 atom stereocenters. The smallest absolute Gasteiger partial charge is 0.169 e. The summed E-state index contributed by atoms with van der Waals surface area (Å²) in [6.45, 7) is 0. The van der Waals surface area contributed by atoms with E-state index in [2.05, 4.69) is 36.4 Å². The number of hydrogen-bond acceptors (Lipinski definition) is 3. The van der Waals surface area contributed by atoms with Crippen LogP contribution in [0.1, 0.15) is 0 Å². The van der Waals surface area contributed by atoms with E-state index in [1.807, 2.05) is 30.3 Å². The SMILES string of the molecule is COc1ccc2cc(-c3c(OC)c(OC)cc4ccccc34)ccc2c1. The molecule has 0 spiro atoms. The van der Waals surface area contributed by atoms with Crippen molar-refractivity contribution < 1.29 is 14.2 Å². The van der Waals surface area contributed by atoms with Crippen molar-refractivity contribution in [2.24, 2.45) is 0 Å². The predicted octanol–water partition coefficient (Wildman–Crippen LogP) is 5.69. The van der Waals surface area contributed by atoms with Gasteiger partial charge >= 0.3 is 0 Å². The van der Waals surface area contributed by atoms with Gasteiger partial charge in [-0.15, -0.1) is 0 Å². The number of hydrogen-bond donors (Lipinski definition) is 0. The Kier molecular flexibility index (Phi) is 4.13. The minimum Gasteiger partial charge on any atom is -0.497 e. The van der Waals surface area contributed by atoms with E-state index in [-0.39, 0.29) is 0 Å². The zero-order valence-corrected chi connectivity index (χ0v) is 15.1. The van der Waals surface area contributed by atoms with Gasteiger partial charge in [0.2, 0.25) is 0 Å². The number of rotatable bonds is 4. The summed E-state index contributed by atoms with van der Waals surface area (Å²) in [5, 5.41) is 4.55.